The molecule has 0 unspecified atom stereocenters. The minimum Gasteiger partial charge on any atom is -0.394 e. The van der Waals surface area contributed by atoms with E-state index in [1.54, 1.807) is 4.90 Å². The van der Waals surface area contributed by atoms with Crippen LogP contribution in [0, 0.1) is 0 Å². The van der Waals surface area contributed by atoms with Gasteiger partial charge in [-0.1, -0.05) is 48.6 Å². The van der Waals surface area contributed by atoms with Gasteiger partial charge in [-0.3, -0.25) is 9.59 Å². The maximum absolute atomic E-state index is 14.1. The van der Waals surface area contributed by atoms with Gasteiger partial charge in [0, 0.05) is 59.5 Å². The largest absolute Gasteiger partial charge is 0.394 e. The molecule has 0 aromatic heterocycles. The number of allylic oxidation sites excluding steroid dienone is 3. The number of carbonyl (C=O) groups excluding carboxylic acids is 2. The number of β-amino-alcohol motifs (C(OH)–C–C–N with tert-alkyl or cyclic N) is 1. The Morgan fingerprint density at radius 1 is 1.04 bits per heavy atom. The molecule has 11 heteroatoms. The van der Waals surface area contributed by atoms with Crippen molar-refractivity contribution in [2.75, 3.05) is 29.9 Å². The van der Waals surface area contributed by atoms with Crippen molar-refractivity contribution in [3.05, 3.63) is 77.4 Å². The third-order valence-corrected chi connectivity index (χ3v) is 8.74. The zero-order chi connectivity index (χ0) is 33.6. The van der Waals surface area contributed by atoms with E-state index in [0.717, 1.165) is 28.1 Å². The van der Waals surface area contributed by atoms with Crippen molar-refractivity contribution in [2.24, 2.45) is 0 Å². The number of anilines is 2. The number of nitrogens with one attached hydrogen (secondary N) is 3. The van der Waals surface area contributed by atoms with Crippen molar-refractivity contribution in [3.8, 4) is 0 Å². The molecule has 4 rings (SSSR count). The number of rotatable bonds is 11. The van der Waals surface area contributed by atoms with Crippen LogP contribution in [-0.4, -0.2) is 78.2 Å². The quantitative estimate of drug-likeness (QED) is 0.233. The highest BCUT2D eigenvalue weighted by molar-refractivity contribution is 7.74. The van der Waals surface area contributed by atoms with Crippen LogP contribution in [0.5, 0.6) is 0 Å². The van der Waals surface area contributed by atoms with E-state index in [4.69, 9.17) is 5.11 Å². The molecule has 1 aliphatic heterocycles. The first-order valence-corrected chi connectivity index (χ1v) is 16.7. The summed E-state index contributed by atoms with van der Waals surface area (Å²) in [5.41, 5.74) is 3.78. The maximum Gasteiger partial charge on any atom is 0.249 e. The van der Waals surface area contributed by atoms with Gasteiger partial charge in [0.25, 0.3) is 0 Å². The van der Waals surface area contributed by atoms with Gasteiger partial charge in [0.05, 0.1) is 17.6 Å². The molecule has 10 nitrogen and oxygen atoms in total. The average molecular weight is 651 g/mol. The smallest absolute Gasteiger partial charge is 0.249 e. The first-order valence-electron chi connectivity index (χ1n) is 15.6. The Morgan fingerprint density at radius 2 is 1.74 bits per heavy atom. The van der Waals surface area contributed by atoms with Gasteiger partial charge in [-0.2, -0.15) is 8.42 Å². The Hall–Kier alpha value is -3.77. The van der Waals surface area contributed by atoms with Gasteiger partial charge in [-0.25, -0.2) is 0 Å². The fraction of sp³-hybridized carbons (Fsp3) is 0.457. The van der Waals surface area contributed by atoms with Crippen molar-refractivity contribution in [2.45, 2.75) is 83.5 Å². The topological polar surface area (TPSA) is 148 Å². The predicted octanol–water partition coefficient (Wildman–Crippen LogP) is 3.24. The number of nitrogens with zero attached hydrogens (tertiary/aromatic N) is 1. The lowest BCUT2D eigenvalue weighted by Gasteiger charge is -2.30. The number of fused-ring (bicyclic) bond motifs is 1. The summed E-state index contributed by atoms with van der Waals surface area (Å²) in [5, 5.41) is 28.3. The first-order chi connectivity index (χ1) is 21.7. The molecule has 0 fully saturated rings. The molecule has 2 atom stereocenters. The van der Waals surface area contributed by atoms with E-state index in [1.807, 2.05) is 95.3 Å². The van der Waals surface area contributed by atoms with E-state index in [2.05, 4.69) is 16.0 Å². The SMILES string of the molecule is CC(C)(C)Nc1ccccc1C1=CC=C(CN2C(=O)[C@H](NC(=O)CC(C)(C)NC[C@H](O)CO)CCc3ccccc32)CC1=S(=O)=O. The molecular weight excluding hydrogens is 604 g/mol. The molecular formula is C35H46N4O6S. The van der Waals surface area contributed by atoms with E-state index in [1.165, 1.54) is 0 Å². The molecule has 0 bridgehead atoms. The second-order valence-electron chi connectivity index (χ2n) is 13.7. The van der Waals surface area contributed by atoms with E-state index in [9.17, 15) is 23.1 Å². The van der Waals surface area contributed by atoms with Crippen LogP contribution in [0.1, 0.15) is 65.0 Å². The Morgan fingerprint density at radius 3 is 2.43 bits per heavy atom. The Kier molecular flexibility index (Phi) is 11.3. The molecule has 1 aliphatic carbocycles. The molecule has 5 N–H and O–H groups in total. The molecule has 0 saturated carbocycles. The lowest BCUT2D eigenvalue weighted by molar-refractivity contribution is -0.128. The molecule has 0 saturated heterocycles. The summed E-state index contributed by atoms with van der Waals surface area (Å²) in [6.07, 6.45) is 3.96. The number of carbonyl (C=O) groups is 2. The van der Waals surface area contributed by atoms with Crippen molar-refractivity contribution in [1.82, 2.24) is 10.6 Å². The summed E-state index contributed by atoms with van der Waals surface area (Å²) in [6.45, 7) is 9.67. The van der Waals surface area contributed by atoms with Gasteiger partial charge in [-0.05, 0) is 70.7 Å². The lowest BCUT2D eigenvalue weighted by Crippen LogP contribution is -2.52. The zero-order valence-corrected chi connectivity index (χ0v) is 28.1. The summed E-state index contributed by atoms with van der Waals surface area (Å²) < 4.78 is 25.2. The van der Waals surface area contributed by atoms with Crippen LogP contribution in [0.2, 0.25) is 0 Å². The minimum atomic E-state index is -2.50. The minimum absolute atomic E-state index is 0.0553. The normalized spacial score (nSPS) is 17.8. The Labute approximate surface area is 273 Å². The monoisotopic (exact) mass is 650 g/mol. The number of aliphatic hydroxyl groups is 2. The summed E-state index contributed by atoms with van der Waals surface area (Å²) in [6, 6.07) is 14.5. The molecule has 2 aromatic rings. The third kappa shape index (κ3) is 9.16. The zero-order valence-electron chi connectivity index (χ0n) is 27.3. The van der Waals surface area contributed by atoms with Crippen LogP contribution in [0.3, 0.4) is 0 Å². The standard InChI is InChI=1S/C35H46N4O6S/c1-34(2,3)38-28-12-8-7-11-26(28)27-16-14-23(18-31(27)46(44)45)21-39-30-13-9-6-10-24(30)15-17-29(33(39)43)37-32(42)19-35(4,5)36-20-25(41)22-40/h6-14,16,25,29,36,38,40-41H,15,17-22H2,1-5H3,(H,37,42)/t25-,29+/m0/s1. The molecule has 0 spiro atoms. The maximum atomic E-state index is 14.1. The van der Waals surface area contributed by atoms with Gasteiger partial charge in [0.15, 0.2) is 0 Å². The fourth-order valence-electron chi connectivity index (χ4n) is 5.77. The molecule has 2 aliphatic rings. The molecule has 0 radical (unpaired) electrons. The Bertz CT molecular complexity index is 1650. The van der Waals surface area contributed by atoms with Crippen LogP contribution in [0.25, 0.3) is 5.57 Å². The highest BCUT2D eigenvalue weighted by Gasteiger charge is 2.34. The van der Waals surface area contributed by atoms with E-state index < -0.39 is 28.0 Å². The van der Waals surface area contributed by atoms with Crippen molar-refractivity contribution in [1.29, 1.82) is 0 Å². The van der Waals surface area contributed by atoms with E-state index in [0.29, 0.717) is 18.4 Å². The van der Waals surface area contributed by atoms with Crippen molar-refractivity contribution >= 4 is 43.9 Å². The lowest BCUT2D eigenvalue weighted by atomic mass is 9.91. The van der Waals surface area contributed by atoms with Crippen molar-refractivity contribution < 1.29 is 28.2 Å². The van der Waals surface area contributed by atoms with Crippen LogP contribution >= 0.6 is 0 Å². The van der Waals surface area contributed by atoms with Gasteiger partial charge < -0.3 is 31.1 Å². The number of aliphatic hydroxyl groups excluding tert-OH is 2. The summed E-state index contributed by atoms with van der Waals surface area (Å²) in [4.78, 5) is 29.1. The van der Waals surface area contributed by atoms with Crippen LogP contribution < -0.4 is 20.9 Å². The number of amides is 2. The average Bonchev–Trinajstić information content (AvgIpc) is 3.11. The highest BCUT2D eigenvalue weighted by Crippen LogP contribution is 2.33. The van der Waals surface area contributed by atoms with Gasteiger partial charge in [-0.15, -0.1) is 0 Å². The second kappa shape index (κ2) is 14.8. The van der Waals surface area contributed by atoms with Gasteiger partial charge in [0.2, 0.25) is 22.1 Å². The Balaban J connectivity index is 1.60. The van der Waals surface area contributed by atoms with Crippen LogP contribution in [0.15, 0.2) is 66.3 Å². The number of para-hydroxylation sites is 2. The molecule has 2 amide bonds. The van der Waals surface area contributed by atoms with Gasteiger partial charge in [0.1, 0.15) is 6.04 Å². The van der Waals surface area contributed by atoms with Crippen molar-refractivity contribution in [3.63, 3.8) is 0 Å². The van der Waals surface area contributed by atoms with Gasteiger partial charge >= 0.3 is 0 Å². The molecule has 248 valence electrons. The highest BCUT2D eigenvalue weighted by atomic mass is 32.2. The summed E-state index contributed by atoms with van der Waals surface area (Å²) in [5.74, 6) is -0.579. The molecule has 2 aromatic carbocycles. The number of benzene rings is 2. The first kappa shape index (κ1) is 35.1. The third-order valence-electron chi connectivity index (χ3n) is 7.98. The fourth-order valence-corrected chi connectivity index (χ4v) is 6.43. The predicted molar refractivity (Wildman–Crippen MR) is 183 cm³/mol. The van der Waals surface area contributed by atoms with E-state index >= 15 is 0 Å². The summed E-state index contributed by atoms with van der Waals surface area (Å²) in [7, 11) is -2.50. The number of aryl methyl sites for hydroxylation is 1. The van der Waals surface area contributed by atoms with Crippen LogP contribution in [-0.2, 0) is 26.3 Å². The second-order valence-corrected chi connectivity index (χ2v) is 14.6. The number of hydrogen-bond donors (Lipinski definition) is 5. The van der Waals surface area contributed by atoms with Crippen LogP contribution in [0.4, 0.5) is 11.4 Å². The number of hydrogen-bond acceptors (Lipinski definition) is 8. The molecule has 46 heavy (non-hydrogen) atoms. The molecule has 1 heterocycles. The summed E-state index contributed by atoms with van der Waals surface area (Å²) >= 11 is 0. The van der Waals surface area contributed by atoms with E-state index in [-0.39, 0.29) is 54.8 Å².